The number of aromatic amines is 1. The summed E-state index contributed by atoms with van der Waals surface area (Å²) in [5.74, 6) is -4.67. The number of ether oxygens (including phenoxy) is 2. The maximum atomic E-state index is 13.8. The van der Waals surface area contributed by atoms with Crippen molar-refractivity contribution < 1.29 is 67.4 Å². The van der Waals surface area contributed by atoms with Gasteiger partial charge in [0.1, 0.15) is 23.7 Å². The van der Waals surface area contributed by atoms with E-state index in [0.29, 0.717) is 74.4 Å². The number of esters is 1. The van der Waals surface area contributed by atoms with Crippen LogP contribution in [0.4, 0.5) is 0 Å². The van der Waals surface area contributed by atoms with Gasteiger partial charge in [0, 0.05) is 51.9 Å². The number of carboxylic acid groups (broad SMARTS) is 3. The number of piperazine rings is 1. The third-order valence-electron chi connectivity index (χ3n) is 9.47. The summed E-state index contributed by atoms with van der Waals surface area (Å²) in [7, 11) is -3.88. The standard InChI is InChI=1S/C32H46N6O9S.C6H8O7/c1-4-10-24-23-36(6-3)30-29(24)33-31(34-32(30)40)26-22-25(12-13-27(26)45-19-5-2)48(43,44)37-16-14-35(15-17-37)18-21-46-28(39)11-8-7-9-20-47-38(41)42;7-3(8)1-6(13,5(11)12)2-4(9)10/h12-13,22-23H,4-11,14-21H2,1-3H3,(H,33,34,40);13H,1-2H2,(H,7,8)(H,9,10)(H,11,12). The summed E-state index contributed by atoms with van der Waals surface area (Å²) >= 11 is 0. The van der Waals surface area contributed by atoms with E-state index in [1.54, 1.807) is 6.07 Å². The van der Waals surface area contributed by atoms with Gasteiger partial charge in [0.2, 0.25) is 10.0 Å². The van der Waals surface area contributed by atoms with E-state index in [1.807, 2.05) is 29.5 Å². The number of aliphatic carboxylic acids is 3. The first-order valence-corrected chi connectivity index (χ1v) is 21.2. The van der Waals surface area contributed by atoms with Crippen molar-refractivity contribution in [2.45, 2.75) is 95.6 Å². The number of nitrogens with zero attached hydrogens (tertiary/aromatic N) is 5. The number of aromatic nitrogens is 3. The fraction of sp³-hybridized carbons (Fsp3) is 0.579. The van der Waals surface area contributed by atoms with Gasteiger partial charge in [-0.2, -0.15) is 4.31 Å². The van der Waals surface area contributed by atoms with E-state index in [9.17, 15) is 42.5 Å². The molecular weight excluding hydrogens is 829 g/mol. The summed E-state index contributed by atoms with van der Waals surface area (Å²) in [6.07, 6.45) is 3.94. The largest absolute Gasteiger partial charge is 0.493 e. The maximum absolute atomic E-state index is 13.8. The lowest BCUT2D eigenvalue weighted by Gasteiger charge is -2.33. The molecule has 22 nitrogen and oxygen atoms in total. The van der Waals surface area contributed by atoms with Gasteiger partial charge in [-0.05, 0) is 56.4 Å². The first kappa shape index (κ1) is 49.7. The molecule has 4 rings (SSSR count). The van der Waals surface area contributed by atoms with E-state index in [-0.39, 0.29) is 55.0 Å². The lowest BCUT2D eigenvalue weighted by molar-refractivity contribution is -0.757. The molecule has 5 N–H and O–H groups in total. The number of benzene rings is 1. The van der Waals surface area contributed by atoms with Gasteiger partial charge in [0.05, 0.1) is 42.0 Å². The van der Waals surface area contributed by atoms with Crippen molar-refractivity contribution in [1.29, 1.82) is 0 Å². The van der Waals surface area contributed by atoms with Gasteiger partial charge in [-0.15, -0.1) is 10.1 Å². The number of hydrogen-bond donors (Lipinski definition) is 5. The highest BCUT2D eigenvalue weighted by Crippen LogP contribution is 2.33. The fourth-order valence-electron chi connectivity index (χ4n) is 6.40. The zero-order chi connectivity index (χ0) is 45.3. The molecule has 1 fully saturated rings. The summed E-state index contributed by atoms with van der Waals surface area (Å²) in [6.45, 7) is 9.18. The first-order chi connectivity index (χ1) is 28.9. The Balaban J connectivity index is 0.000000657. The van der Waals surface area contributed by atoms with Gasteiger partial charge in [-0.25, -0.2) is 18.2 Å². The van der Waals surface area contributed by atoms with Crippen LogP contribution in [-0.4, -0.2) is 140 Å². The SMILES string of the molecule is CCCOc1ccc(S(=O)(=O)N2CCN(CCOC(=O)CCCCCO[N+](=O)[O-])CC2)cc1-c1nc2c(CCC)cn(CC)c2c(=O)[nH]1.O=C(O)CC(O)(CC(=O)O)C(=O)O. The Hall–Kier alpha value is -5.65. The van der Waals surface area contributed by atoms with E-state index >= 15 is 0 Å². The molecule has 0 radical (unpaired) electrons. The second-order valence-electron chi connectivity index (χ2n) is 14.1. The first-order valence-electron chi connectivity index (χ1n) is 19.8. The van der Waals surface area contributed by atoms with Crippen LogP contribution in [0.15, 0.2) is 34.1 Å². The van der Waals surface area contributed by atoms with Gasteiger partial charge in [-0.1, -0.05) is 26.7 Å². The number of unbranched alkanes of at least 4 members (excludes halogenated alkanes) is 2. The smallest absolute Gasteiger partial charge is 0.336 e. The summed E-state index contributed by atoms with van der Waals surface area (Å²) in [5, 5.41) is 43.1. The number of hydrogen-bond acceptors (Lipinski definition) is 15. The van der Waals surface area contributed by atoms with Gasteiger partial charge < -0.3 is 44.3 Å². The highest BCUT2D eigenvalue weighted by Gasteiger charge is 2.41. The molecule has 0 spiro atoms. The predicted molar refractivity (Wildman–Crippen MR) is 216 cm³/mol. The van der Waals surface area contributed by atoms with Crippen LogP contribution >= 0.6 is 0 Å². The average molecular weight is 883 g/mol. The molecule has 1 saturated heterocycles. The maximum Gasteiger partial charge on any atom is 0.336 e. The van der Waals surface area contributed by atoms with Crippen molar-refractivity contribution in [3.05, 3.63) is 50.4 Å². The molecule has 338 valence electrons. The quantitative estimate of drug-likeness (QED) is 0.0373. The normalized spacial score (nSPS) is 13.6. The van der Waals surface area contributed by atoms with Crippen LogP contribution in [0.25, 0.3) is 22.4 Å². The Morgan fingerprint density at radius 2 is 1.62 bits per heavy atom. The average Bonchev–Trinajstić information content (AvgIpc) is 3.55. The van der Waals surface area contributed by atoms with E-state index in [1.165, 1.54) is 16.4 Å². The summed E-state index contributed by atoms with van der Waals surface area (Å²) in [4.78, 5) is 80.1. The number of aliphatic hydroxyl groups is 1. The predicted octanol–water partition coefficient (Wildman–Crippen LogP) is 2.52. The molecule has 0 atom stereocenters. The minimum Gasteiger partial charge on any atom is -0.493 e. The zero-order valence-corrected chi connectivity index (χ0v) is 35.2. The van der Waals surface area contributed by atoms with E-state index in [4.69, 9.17) is 34.9 Å². The molecule has 0 saturated carbocycles. The fourth-order valence-corrected chi connectivity index (χ4v) is 7.85. The van der Waals surface area contributed by atoms with Crippen molar-refractivity contribution in [2.24, 2.45) is 0 Å². The number of fused-ring (bicyclic) bond motifs is 1. The van der Waals surface area contributed by atoms with Crippen molar-refractivity contribution in [1.82, 2.24) is 23.7 Å². The monoisotopic (exact) mass is 882 g/mol. The van der Waals surface area contributed by atoms with Crippen molar-refractivity contribution >= 4 is 44.9 Å². The molecule has 0 unspecified atom stereocenters. The number of sulfonamides is 1. The molecule has 0 bridgehead atoms. The lowest BCUT2D eigenvalue weighted by Crippen LogP contribution is -2.49. The Morgan fingerprint density at radius 3 is 2.20 bits per heavy atom. The Morgan fingerprint density at radius 1 is 0.951 bits per heavy atom. The van der Waals surface area contributed by atoms with Gasteiger partial charge in [0.15, 0.2) is 5.60 Å². The summed E-state index contributed by atoms with van der Waals surface area (Å²) in [5.41, 5.74) is -0.564. The molecular formula is C38H54N6O16S. The third kappa shape index (κ3) is 14.5. The highest BCUT2D eigenvalue weighted by atomic mass is 32.2. The van der Waals surface area contributed by atoms with Crippen molar-refractivity contribution in [2.75, 3.05) is 52.5 Å². The minimum absolute atomic E-state index is 0.00604. The molecule has 0 aliphatic carbocycles. The van der Waals surface area contributed by atoms with Crippen LogP contribution in [0, 0.1) is 10.1 Å². The minimum atomic E-state index is -3.88. The topological polar surface area (TPSA) is 311 Å². The van der Waals surface area contributed by atoms with Gasteiger partial charge in [-0.3, -0.25) is 24.1 Å². The lowest BCUT2D eigenvalue weighted by atomic mass is 9.96. The van der Waals surface area contributed by atoms with Crippen LogP contribution in [-0.2, 0) is 51.7 Å². The van der Waals surface area contributed by atoms with Gasteiger partial charge in [0.25, 0.3) is 10.6 Å². The van der Waals surface area contributed by atoms with E-state index in [2.05, 4.69) is 16.7 Å². The van der Waals surface area contributed by atoms with Crippen LogP contribution in [0.2, 0.25) is 0 Å². The Labute approximate surface area is 351 Å². The molecule has 2 aromatic heterocycles. The molecule has 1 aliphatic rings. The van der Waals surface area contributed by atoms with Crippen molar-refractivity contribution in [3.8, 4) is 17.1 Å². The Kier molecular flexibility index (Phi) is 19.0. The molecule has 61 heavy (non-hydrogen) atoms. The highest BCUT2D eigenvalue weighted by molar-refractivity contribution is 7.89. The van der Waals surface area contributed by atoms with Crippen molar-refractivity contribution in [3.63, 3.8) is 0 Å². The van der Waals surface area contributed by atoms with Gasteiger partial charge >= 0.3 is 23.9 Å². The van der Waals surface area contributed by atoms with E-state index in [0.717, 1.165) is 24.8 Å². The molecule has 3 aromatic rings. The number of carboxylic acids is 3. The number of rotatable bonds is 24. The molecule has 1 aromatic carbocycles. The second-order valence-corrected chi connectivity index (χ2v) is 16.1. The Bertz CT molecular complexity index is 2150. The summed E-state index contributed by atoms with van der Waals surface area (Å²) < 4.78 is 42.3. The summed E-state index contributed by atoms with van der Waals surface area (Å²) in [6, 6.07) is 4.68. The molecule has 3 heterocycles. The number of carbonyl (C=O) groups excluding carboxylic acids is 1. The third-order valence-corrected chi connectivity index (χ3v) is 11.4. The number of nitrogens with one attached hydrogen (secondary N) is 1. The van der Waals surface area contributed by atoms with Crippen LogP contribution in [0.5, 0.6) is 5.75 Å². The van der Waals surface area contributed by atoms with Crippen LogP contribution in [0.1, 0.15) is 77.7 Å². The number of aryl methyl sites for hydroxylation is 2. The number of H-pyrrole nitrogens is 1. The van der Waals surface area contributed by atoms with Crippen LogP contribution < -0.4 is 10.3 Å². The zero-order valence-electron chi connectivity index (χ0n) is 34.4. The molecule has 23 heteroatoms. The number of carbonyl (C=O) groups is 4. The van der Waals surface area contributed by atoms with E-state index < -0.39 is 51.5 Å². The van der Waals surface area contributed by atoms with Crippen LogP contribution in [0.3, 0.4) is 0 Å². The second kappa shape index (κ2) is 23.4. The molecule has 1 aliphatic heterocycles. The molecule has 0 amide bonds.